The maximum atomic E-state index is 11.1. The molecule has 5 N–H and O–H groups in total. The highest BCUT2D eigenvalue weighted by molar-refractivity contribution is 8.00. The van der Waals surface area contributed by atoms with Gasteiger partial charge in [-0.15, -0.1) is 0 Å². The summed E-state index contributed by atoms with van der Waals surface area (Å²) in [6, 6.07) is 5.92. The normalized spacial score (nSPS) is 24.8. The first-order valence-electron chi connectivity index (χ1n) is 8.59. The fraction of sp³-hybridized carbons (Fsp3) is 0.316. The Morgan fingerprint density at radius 2 is 2.21 bits per heavy atom. The predicted molar refractivity (Wildman–Crippen MR) is 115 cm³/mol. The summed E-state index contributed by atoms with van der Waals surface area (Å²) >= 11 is 13.5. The molecule has 10 heteroatoms. The Labute approximate surface area is 181 Å². The van der Waals surface area contributed by atoms with Crippen LogP contribution in [0.5, 0.6) is 0 Å². The van der Waals surface area contributed by atoms with Gasteiger partial charge in [0.1, 0.15) is 23.5 Å². The SMILES string of the molecule is C[C@]12C(=C(C#N)C(=N)N1c1ccc(Cl)c(Cl)c1)C=C(O)C[C@@H]2SC[C@H](N)C(=O)O. The molecule has 0 radical (unpaired) electrons. The van der Waals surface area contributed by atoms with Gasteiger partial charge in [-0.1, -0.05) is 23.2 Å². The van der Waals surface area contributed by atoms with Gasteiger partial charge >= 0.3 is 5.97 Å². The number of hydrogen-bond donors (Lipinski definition) is 4. The van der Waals surface area contributed by atoms with E-state index >= 15 is 0 Å². The number of aliphatic hydroxyl groups excluding tert-OH is 1. The van der Waals surface area contributed by atoms with Crippen molar-refractivity contribution in [3.63, 3.8) is 0 Å². The molecule has 0 saturated heterocycles. The van der Waals surface area contributed by atoms with E-state index < -0.39 is 17.6 Å². The number of amidine groups is 1. The number of thioether (sulfide) groups is 1. The maximum Gasteiger partial charge on any atom is 0.321 e. The van der Waals surface area contributed by atoms with Crippen molar-refractivity contribution in [1.82, 2.24) is 0 Å². The Kier molecular flexibility index (Phi) is 5.88. The zero-order valence-electron chi connectivity index (χ0n) is 15.3. The number of fused-ring (bicyclic) bond motifs is 1. The Bertz CT molecular complexity index is 1000. The summed E-state index contributed by atoms with van der Waals surface area (Å²) in [6.45, 7) is 1.86. The molecule has 29 heavy (non-hydrogen) atoms. The number of benzene rings is 1. The summed E-state index contributed by atoms with van der Waals surface area (Å²) in [7, 11) is 0. The van der Waals surface area contributed by atoms with E-state index in [2.05, 4.69) is 6.07 Å². The highest BCUT2D eigenvalue weighted by Gasteiger charge is 2.53. The molecule has 3 atom stereocenters. The topological polar surface area (TPSA) is 134 Å². The second kappa shape index (κ2) is 7.92. The van der Waals surface area contributed by atoms with Crippen molar-refractivity contribution in [2.75, 3.05) is 10.7 Å². The van der Waals surface area contributed by atoms with Gasteiger partial charge in [0.05, 0.1) is 21.3 Å². The summed E-state index contributed by atoms with van der Waals surface area (Å²) in [5.74, 6) is -0.967. The monoisotopic (exact) mass is 452 g/mol. The number of nitrogens with zero attached hydrogens (tertiary/aromatic N) is 2. The van der Waals surface area contributed by atoms with Gasteiger partial charge in [0.15, 0.2) is 0 Å². The first-order valence-corrected chi connectivity index (χ1v) is 10.4. The average Bonchev–Trinajstić information content (AvgIpc) is 2.88. The second-order valence-electron chi connectivity index (χ2n) is 6.94. The number of rotatable bonds is 5. The van der Waals surface area contributed by atoms with Crippen LogP contribution in [0.4, 0.5) is 5.69 Å². The van der Waals surface area contributed by atoms with Crippen molar-refractivity contribution in [2.45, 2.75) is 30.2 Å². The summed E-state index contributed by atoms with van der Waals surface area (Å²) in [5.41, 5.74) is 5.97. The third-order valence-electron chi connectivity index (χ3n) is 5.14. The number of nitrogens with two attached hydrogens (primary N) is 1. The number of carbonyl (C=O) groups is 1. The average molecular weight is 453 g/mol. The van der Waals surface area contributed by atoms with Crippen LogP contribution in [0, 0.1) is 16.7 Å². The van der Waals surface area contributed by atoms with Gasteiger partial charge in [-0.05, 0) is 31.2 Å². The van der Waals surface area contributed by atoms with E-state index in [4.69, 9.17) is 39.5 Å². The Hall–Kier alpha value is -2.18. The van der Waals surface area contributed by atoms with Crippen molar-refractivity contribution in [3.8, 4) is 6.07 Å². The summed E-state index contributed by atoms with van der Waals surface area (Å²) in [5, 5.41) is 38.0. The molecule has 0 amide bonds. The van der Waals surface area contributed by atoms with E-state index in [0.717, 1.165) is 0 Å². The molecule has 0 unspecified atom stereocenters. The standard InChI is InChI=1S/C19H18Cl2N4O3S/c1-19-12(5-10(26)6-16(19)29-8-15(23)18(27)28)11(7-22)17(24)25(19)9-2-3-13(20)14(21)4-9/h2-5,15-16,24,26H,6,8,23H2,1H3,(H,27,28)/t15-,16-,19+/m0/s1. The fourth-order valence-electron chi connectivity index (χ4n) is 3.64. The van der Waals surface area contributed by atoms with Gasteiger partial charge in [-0.25, -0.2) is 0 Å². The van der Waals surface area contributed by atoms with Crippen LogP contribution in [0.1, 0.15) is 13.3 Å². The number of aliphatic hydroxyl groups is 1. The third-order valence-corrected chi connectivity index (χ3v) is 7.46. The van der Waals surface area contributed by atoms with E-state index in [9.17, 15) is 15.2 Å². The summed E-state index contributed by atoms with van der Waals surface area (Å²) < 4.78 is 0. The minimum atomic E-state index is -1.12. The van der Waals surface area contributed by atoms with E-state index in [1.807, 2.05) is 6.92 Å². The molecule has 0 spiro atoms. The molecule has 0 aromatic heterocycles. The molecular formula is C19H18Cl2N4O3S. The Morgan fingerprint density at radius 1 is 1.52 bits per heavy atom. The van der Waals surface area contributed by atoms with Gasteiger partial charge in [-0.2, -0.15) is 17.0 Å². The molecular weight excluding hydrogens is 435 g/mol. The van der Waals surface area contributed by atoms with E-state index in [0.29, 0.717) is 21.3 Å². The van der Waals surface area contributed by atoms with Crippen molar-refractivity contribution in [3.05, 3.63) is 51.2 Å². The molecule has 0 saturated carbocycles. The zero-order valence-corrected chi connectivity index (χ0v) is 17.6. The summed E-state index contributed by atoms with van der Waals surface area (Å²) in [6.07, 6.45) is 1.75. The molecule has 1 aliphatic carbocycles. The van der Waals surface area contributed by atoms with Gasteiger partial charge in [0, 0.05) is 28.7 Å². The number of carboxylic acids is 1. The van der Waals surface area contributed by atoms with Crippen LogP contribution in [-0.4, -0.2) is 44.6 Å². The lowest BCUT2D eigenvalue weighted by Gasteiger charge is -2.45. The molecule has 2 aliphatic rings. The molecule has 1 aromatic carbocycles. The van der Waals surface area contributed by atoms with Gasteiger partial charge < -0.3 is 20.8 Å². The molecule has 152 valence electrons. The lowest BCUT2D eigenvalue weighted by atomic mass is 9.81. The number of nitrogens with one attached hydrogen (secondary N) is 1. The minimum Gasteiger partial charge on any atom is -0.512 e. The molecule has 1 aliphatic heterocycles. The van der Waals surface area contributed by atoms with E-state index in [1.54, 1.807) is 23.1 Å². The number of aliphatic carboxylic acids is 1. The lowest BCUT2D eigenvalue weighted by Crippen LogP contribution is -2.55. The van der Waals surface area contributed by atoms with Gasteiger partial charge in [-0.3, -0.25) is 10.2 Å². The van der Waals surface area contributed by atoms with Crippen molar-refractivity contribution >= 4 is 52.5 Å². The maximum absolute atomic E-state index is 11.1. The van der Waals surface area contributed by atoms with Crippen LogP contribution in [0.25, 0.3) is 0 Å². The van der Waals surface area contributed by atoms with Gasteiger partial charge in [0.2, 0.25) is 0 Å². The highest BCUT2D eigenvalue weighted by Crippen LogP contribution is 2.50. The summed E-state index contributed by atoms with van der Waals surface area (Å²) in [4.78, 5) is 12.8. The first kappa shape index (κ1) is 21.5. The highest BCUT2D eigenvalue weighted by atomic mass is 35.5. The quantitative estimate of drug-likeness (QED) is 0.534. The van der Waals surface area contributed by atoms with Crippen LogP contribution in [-0.2, 0) is 4.79 Å². The van der Waals surface area contributed by atoms with Crippen LogP contribution in [0.3, 0.4) is 0 Å². The zero-order chi connectivity index (χ0) is 21.5. The Morgan fingerprint density at radius 3 is 2.79 bits per heavy atom. The van der Waals surface area contributed by atoms with Crippen LogP contribution >= 0.6 is 35.0 Å². The predicted octanol–water partition coefficient (Wildman–Crippen LogP) is 3.73. The van der Waals surface area contributed by atoms with Gasteiger partial charge in [0.25, 0.3) is 0 Å². The first-order chi connectivity index (χ1) is 13.6. The molecule has 1 aromatic rings. The van der Waals surface area contributed by atoms with Crippen LogP contribution in [0.2, 0.25) is 10.0 Å². The van der Waals surface area contributed by atoms with Crippen molar-refractivity contribution < 1.29 is 15.0 Å². The van der Waals surface area contributed by atoms with E-state index in [1.165, 1.54) is 17.8 Å². The van der Waals surface area contributed by atoms with Crippen molar-refractivity contribution in [1.29, 1.82) is 10.7 Å². The lowest BCUT2D eigenvalue weighted by molar-refractivity contribution is -0.137. The number of hydrogen-bond acceptors (Lipinski definition) is 6. The number of allylic oxidation sites excluding steroid dienone is 1. The fourth-order valence-corrected chi connectivity index (χ4v) is 5.36. The van der Waals surface area contributed by atoms with E-state index in [-0.39, 0.29) is 34.6 Å². The Balaban J connectivity index is 2.11. The minimum absolute atomic E-state index is 0.0255. The van der Waals surface area contributed by atoms with Crippen LogP contribution in [0.15, 0.2) is 41.2 Å². The van der Waals surface area contributed by atoms with Crippen LogP contribution < -0.4 is 10.6 Å². The molecule has 0 bridgehead atoms. The molecule has 1 heterocycles. The smallest absolute Gasteiger partial charge is 0.321 e. The second-order valence-corrected chi connectivity index (χ2v) is 8.99. The molecule has 7 nitrogen and oxygen atoms in total. The van der Waals surface area contributed by atoms with Crippen molar-refractivity contribution in [2.24, 2.45) is 5.73 Å². The number of carboxylic acid groups (broad SMARTS) is 1. The molecule has 0 fully saturated rings. The largest absolute Gasteiger partial charge is 0.512 e. The third kappa shape index (κ3) is 3.60. The number of nitriles is 1. The molecule has 3 rings (SSSR count). The number of halogens is 2. The number of anilines is 1.